The number of benzene rings is 2. The normalized spacial score (nSPS) is 11.5. The van der Waals surface area contributed by atoms with E-state index in [-0.39, 0.29) is 0 Å². The van der Waals surface area contributed by atoms with E-state index in [1.165, 1.54) is 22.3 Å². The summed E-state index contributed by atoms with van der Waals surface area (Å²) in [6.07, 6.45) is 1.58. The third kappa shape index (κ3) is 1.05. The molecule has 1 aromatic heterocycles. The van der Waals surface area contributed by atoms with E-state index in [1.54, 1.807) is 6.26 Å². The predicted molar refractivity (Wildman–Crippen MR) is 64.2 cm³/mol. The van der Waals surface area contributed by atoms with Crippen LogP contribution in [0.4, 0.5) is 0 Å². The van der Waals surface area contributed by atoms with Crippen molar-refractivity contribution in [2.75, 3.05) is 0 Å². The third-order valence-corrected chi connectivity index (χ3v) is 3.19. The lowest BCUT2D eigenvalue weighted by atomic mass is 9.77. The molecule has 1 aliphatic rings. The molecule has 0 unspecified atom stereocenters. The number of hydrogen-bond acceptors (Lipinski definition) is 3. The molecule has 0 bridgehead atoms. The smallest absolute Gasteiger partial charge is 0.152 e. The van der Waals surface area contributed by atoms with Crippen LogP contribution < -0.4 is 0 Å². The maximum absolute atomic E-state index is 4.81. The molecule has 0 spiro atoms. The molecule has 0 saturated carbocycles. The summed E-state index contributed by atoms with van der Waals surface area (Å²) in [5.74, 6) is 0. The zero-order valence-electron chi connectivity index (χ0n) is 8.92. The van der Waals surface area contributed by atoms with Crippen molar-refractivity contribution in [1.82, 2.24) is 10.4 Å². The number of nitrogens with zero attached hydrogens (tertiary/aromatic N) is 2. The molecule has 0 fully saturated rings. The fourth-order valence-corrected chi connectivity index (χ4v) is 2.44. The van der Waals surface area contributed by atoms with Gasteiger partial charge in [-0.2, -0.15) is 0 Å². The maximum atomic E-state index is 4.81. The minimum atomic E-state index is 0.788. The predicted octanol–water partition coefficient (Wildman–Crippen LogP) is 3.38. The molecule has 1 aliphatic carbocycles. The van der Waals surface area contributed by atoms with Gasteiger partial charge in [0, 0.05) is 10.8 Å². The molecule has 80 valence electrons. The lowest BCUT2D eigenvalue weighted by Gasteiger charge is -2.25. The largest absolute Gasteiger partial charge is 0.345 e. The van der Waals surface area contributed by atoms with Gasteiger partial charge >= 0.3 is 0 Å². The number of hydrogen-bond donors (Lipinski definition) is 0. The van der Waals surface area contributed by atoms with Gasteiger partial charge in [0.2, 0.25) is 0 Å². The monoisotopic (exact) mass is 220 g/mol. The molecule has 3 aromatic rings. The van der Waals surface area contributed by atoms with E-state index in [9.17, 15) is 0 Å². The van der Waals surface area contributed by atoms with Crippen molar-refractivity contribution in [3.8, 4) is 33.5 Å². The van der Waals surface area contributed by atoms with E-state index >= 15 is 0 Å². The van der Waals surface area contributed by atoms with Gasteiger partial charge < -0.3 is 4.52 Å². The van der Waals surface area contributed by atoms with Gasteiger partial charge in [-0.3, -0.25) is 0 Å². The summed E-state index contributed by atoms with van der Waals surface area (Å²) in [6, 6.07) is 14.6. The van der Waals surface area contributed by atoms with Gasteiger partial charge in [0.05, 0.1) is 0 Å². The Morgan fingerprint density at radius 2 is 1.53 bits per heavy atom. The van der Waals surface area contributed by atoms with Crippen LogP contribution >= 0.6 is 0 Å². The van der Waals surface area contributed by atoms with Crippen LogP contribution in [0.3, 0.4) is 0 Å². The Kier molecular flexibility index (Phi) is 1.56. The number of fused-ring (bicyclic) bond motifs is 4. The van der Waals surface area contributed by atoms with Crippen LogP contribution in [0.5, 0.6) is 0 Å². The standard InChI is InChI=1S/C14H8N2O/c1-2-5-10-9(4-1)11-6-3-7-12(14(10)11)13-8-17-16-15-13/h1-8H. The molecule has 0 amide bonds. The minimum absolute atomic E-state index is 0.788. The van der Waals surface area contributed by atoms with Gasteiger partial charge in [-0.25, -0.2) is 0 Å². The van der Waals surface area contributed by atoms with Crippen LogP contribution in [0.15, 0.2) is 53.3 Å². The number of aromatic nitrogens is 2. The van der Waals surface area contributed by atoms with Crippen molar-refractivity contribution in [1.29, 1.82) is 0 Å². The maximum Gasteiger partial charge on any atom is 0.152 e. The van der Waals surface area contributed by atoms with Crippen LogP contribution in [0.2, 0.25) is 0 Å². The van der Waals surface area contributed by atoms with Gasteiger partial charge in [0.1, 0.15) is 5.69 Å². The molecular weight excluding hydrogens is 212 g/mol. The lowest BCUT2D eigenvalue weighted by molar-refractivity contribution is 0.393. The summed E-state index contributed by atoms with van der Waals surface area (Å²) in [7, 11) is 0. The van der Waals surface area contributed by atoms with Crippen molar-refractivity contribution in [2.24, 2.45) is 0 Å². The van der Waals surface area contributed by atoms with Crippen molar-refractivity contribution in [3.63, 3.8) is 0 Å². The second kappa shape index (κ2) is 3.04. The average molecular weight is 220 g/mol. The molecule has 0 aliphatic heterocycles. The van der Waals surface area contributed by atoms with Crippen LogP contribution in [0.25, 0.3) is 33.5 Å². The van der Waals surface area contributed by atoms with Crippen LogP contribution in [0.1, 0.15) is 0 Å². The van der Waals surface area contributed by atoms with E-state index < -0.39 is 0 Å². The molecular formula is C14H8N2O. The van der Waals surface area contributed by atoms with Gasteiger partial charge in [-0.1, -0.05) is 42.5 Å². The zero-order chi connectivity index (χ0) is 11.2. The molecule has 3 heteroatoms. The second-order valence-corrected chi connectivity index (χ2v) is 4.06. The van der Waals surface area contributed by atoms with Crippen LogP contribution in [0, 0.1) is 0 Å². The Labute approximate surface area is 97.7 Å². The van der Waals surface area contributed by atoms with Crippen LogP contribution in [-0.4, -0.2) is 10.4 Å². The van der Waals surface area contributed by atoms with Crippen molar-refractivity contribution in [2.45, 2.75) is 0 Å². The second-order valence-electron chi connectivity index (χ2n) is 4.06. The number of rotatable bonds is 1. The van der Waals surface area contributed by atoms with Crippen molar-refractivity contribution in [3.05, 3.63) is 48.7 Å². The quantitative estimate of drug-likeness (QED) is 0.493. The van der Waals surface area contributed by atoms with E-state index in [4.69, 9.17) is 4.52 Å². The van der Waals surface area contributed by atoms with Gasteiger partial charge in [0.15, 0.2) is 6.26 Å². The molecule has 2 aromatic carbocycles. The Morgan fingerprint density at radius 1 is 0.765 bits per heavy atom. The van der Waals surface area contributed by atoms with Gasteiger partial charge in [-0.15, -0.1) is 5.10 Å². The SMILES string of the molecule is c1ccc2c(c1)-c1cccc(-c3conn3)c1-2. The Hall–Kier alpha value is -2.42. The summed E-state index contributed by atoms with van der Waals surface area (Å²) in [5, 5.41) is 7.50. The summed E-state index contributed by atoms with van der Waals surface area (Å²) in [5.41, 5.74) is 6.99. The highest BCUT2D eigenvalue weighted by Gasteiger charge is 2.25. The molecule has 0 N–H and O–H groups in total. The summed E-state index contributed by atoms with van der Waals surface area (Å²) in [6.45, 7) is 0. The van der Waals surface area contributed by atoms with E-state index in [0.29, 0.717) is 0 Å². The molecule has 1 heterocycles. The van der Waals surface area contributed by atoms with Crippen molar-refractivity contribution < 1.29 is 4.52 Å². The first-order chi connectivity index (χ1) is 8.45. The van der Waals surface area contributed by atoms with Gasteiger partial charge in [-0.05, 0) is 22.3 Å². The third-order valence-electron chi connectivity index (χ3n) is 3.19. The molecule has 17 heavy (non-hydrogen) atoms. The summed E-state index contributed by atoms with van der Waals surface area (Å²) < 4.78 is 4.81. The van der Waals surface area contributed by atoms with E-state index in [1.807, 2.05) is 12.1 Å². The summed E-state index contributed by atoms with van der Waals surface area (Å²) in [4.78, 5) is 0. The Bertz CT molecular complexity index is 702. The fraction of sp³-hybridized carbons (Fsp3) is 0. The zero-order valence-corrected chi connectivity index (χ0v) is 8.92. The molecule has 0 saturated heterocycles. The molecule has 3 nitrogen and oxygen atoms in total. The molecule has 4 rings (SSSR count). The van der Waals surface area contributed by atoms with Crippen molar-refractivity contribution >= 4 is 0 Å². The minimum Gasteiger partial charge on any atom is -0.345 e. The lowest BCUT2D eigenvalue weighted by Crippen LogP contribution is -2.00. The van der Waals surface area contributed by atoms with E-state index in [0.717, 1.165) is 11.3 Å². The first-order valence-corrected chi connectivity index (χ1v) is 5.45. The first kappa shape index (κ1) is 8.70. The highest BCUT2D eigenvalue weighted by molar-refractivity contribution is 6.08. The molecule has 0 radical (unpaired) electrons. The van der Waals surface area contributed by atoms with Gasteiger partial charge in [0.25, 0.3) is 0 Å². The first-order valence-electron chi connectivity index (χ1n) is 5.45. The highest BCUT2D eigenvalue weighted by Crippen LogP contribution is 2.50. The summed E-state index contributed by atoms with van der Waals surface area (Å²) >= 11 is 0. The topological polar surface area (TPSA) is 38.9 Å². The Morgan fingerprint density at radius 3 is 2.35 bits per heavy atom. The van der Waals surface area contributed by atoms with Crippen LogP contribution in [-0.2, 0) is 0 Å². The van der Waals surface area contributed by atoms with E-state index in [2.05, 4.69) is 40.7 Å². The fourth-order valence-electron chi connectivity index (χ4n) is 2.44. The molecule has 0 atom stereocenters. The highest BCUT2D eigenvalue weighted by atomic mass is 16.5. The Balaban J connectivity index is 2.00. The average Bonchev–Trinajstić information content (AvgIpc) is 2.89.